The number of halogens is 2. The predicted molar refractivity (Wildman–Crippen MR) is 77.5 cm³/mol. The van der Waals surface area contributed by atoms with Crippen molar-refractivity contribution < 1.29 is 15.1 Å². The summed E-state index contributed by atoms with van der Waals surface area (Å²) in [5.41, 5.74) is 5.32. The lowest BCUT2D eigenvalue weighted by Gasteiger charge is -2.30. The van der Waals surface area contributed by atoms with Gasteiger partial charge in [-0.15, -0.1) is 12.4 Å². The van der Waals surface area contributed by atoms with Gasteiger partial charge in [-0.1, -0.05) is 13.8 Å². The number of aromatic hydroxyl groups is 1. The third kappa shape index (κ3) is 3.79. The summed E-state index contributed by atoms with van der Waals surface area (Å²) in [6, 6.07) is 1.71. The highest BCUT2D eigenvalue weighted by atomic mass is 79.9. The van der Waals surface area contributed by atoms with Crippen LogP contribution in [0.1, 0.15) is 25.5 Å². The Hall–Kier alpha value is -0.890. The van der Waals surface area contributed by atoms with Crippen molar-refractivity contribution in [2.45, 2.75) is 19.9 Å². The number of phenols is 1. The quantitative estimate of drug-likeness (QED) is 0.568. The molecule has 4 N–H and O–H groups in total. The molecule has 1 atom stereocenters. The Morgan fingerprint density at radius 2 is 2.05 bits per heavy atom. The number of aliphatic hydroxyl groups is 1. The van der Waals surface area contributed by atoms with Gasteiger partial charge in [0, 0.05) is 35.8 Å². The topological polar surface area (TPSA) is 110 Å². The molecule has 1 rings (SSSR count). The fourth-order valence-corrected chi connectivity index (χ4v) is 1.93. The number of nitrogens with zero attached hydrogens (tertiary/aromatic N) is 1. The molecule has 0 spiro atoms. The number of non-ortho nitro benzene ring substituents is 1. The van der Waals surface area contributed by atoms with Gasteiger partial charge in [0.2, 0.25) is 0 Å². The number of nitro groups is 1. The van der Waals surface area contributed by atoms with Crippen LogP contribution in [0.25, 0.3) is 0 Å². The minimum atomic E-state index is -0.723. The first-order chi connectivity index (χ1) is 8.20. The lowest BCUT2D eigenvalue weighted by Crippen LogP contribution is -2.32. The monoisotopic (exact) mass is 354 g/mol. The largest absolute Gasteiger partial charge is 0.506 e. The summed E-state index contributed by atoms with van der Waals surface area (Å²) in [5, 5.41) is 29.9. The number of nitrogens with two attached hydrogens (primary N) is 1. The average Bonchev–Trinajstić information content (AvgIpc) is 2.31. The maximum Gasteiger partial charge on any atom is 0.271 e. The number of rotatable bonds is 4. The summed E-state index contributed by atoms with van der Waals surface area (Å²) >= 11 is 3.05. The SMILES string of the molecule is CC(C)(CO)[C@H](N)c1cc([N+](=O)[O-])cc(Br)c1O.Cl. The molecule has 0 bridgehead atoms. The molecule has 6 nitrogen and oxygen atoms in total. The van der Waals surface area contributed by atoms with Crippen LogP contribution in [0.4, 0.5) is 5.69 Å². The molecule has 0 aliphatic heterocycles. The Kier molecular flexibility index (Phi) is 6.21. The molecule has 0 radical (unpaired) electrons. The Morgan fingerprint density at radius 1 is 1.53 bits per heavy atom. The predicted octanol–water partition coefficient (Wildman–Crippen LogP) is 2.50. The van der Waals surface area contributed by atoms with Crippen molar-refractivity contribution in [2.75, 3.05) is 6.61 Å². The van der Waals surface area contributed by atoms with Crippen LogP contribution in [0.2, 0.25) is 0 Å². The zero-order valence-electron chi connectivity index (χ0n) is 10.5. The summed E-state index contributed by atoms with van der Waals surface area (Å²) in [7, 11) is 0. The highest BCUT2D eigenvalue weighted by molar-refractivity contribution is 9.10. The third-order valence-electron chi connectivity index (χ3n) is 2.87. The zero-order valence-corrected chi connectivity index (χ0v) is 12.9. The molecule has 19 heavy (non-hydrogen) atoms. The lowest BCUT2D eigenvalue weighted by molar-refractivity contribution is -0.385. The van der Waals surface area contributed by atoms with Crippen LogP contribution in [0.5, 0.6) is 5.75 Å². The molecule has 0 fully saturated rings. The number of hydrogen-bond donors (Lipinski definition) is 3. The highest BCUT2D eigenvalue weighted by Crippen LogP contribution is 2.40. The van der Waals surface area contributed by atoms with Gasteiger partial charge in [-0.3, -0.25) is 10.1 Å². The number of benzene rings is 1. The molecule has 0 unspecified atom stereocenters. The first-order valence-corrected chi connectivity index (χ1v) is 6.03. The van der Waals surface area contributed by atoms with Gasteiger partial charge < -0.3 is 15.9 Å². The second kappa shape index (κ2) is 6.51. The van der Waals surface area contributed by atoms with E-state index in [1.807, 2.05) is 0 Å². The molecule has 0 aliphatic carbocycles. The van der Waals surface area contributed by atoms with E-state index in [9.17, 15) is 20.3 Å². The molecule has 0 saturated heterocycles. The average molecular weight is 356 g/mol. The van der Waals surface area contributed by atoms with Crippen LogP contribution in [0.15, 0.2) is 16.6 Å². The minimum Gasteiger partial charge on any atom is -0.506 e. The number of hydrogen-bond acceptors (Lipinski definition) is 5. The van der Waals surface area contributed by atoms with E-state index in [4.69, 9.17) is 5.73 Å². The van der Waals surface area contributed by atoms with E-state index in [1.54, 1.807) is 13.8 Å². The van der Waals surface area contributed by atoms with E-state index in [2.05, 4.69) is 15.9 Å². The Labute approximate surface area is 125 Å². The normalized spacial score (nSPS) is 12.7. The van der Waals surface area contributed by atoms with Crippen LogP contribution < -0.4 is 5.73 Å². The minimum absolute atomic E-state index is 0. The zero-order chi connectivity index (χ0) is 14.1. The summed E-state index contributed by atoms with van der Waals surface area (Å²) < 4.78 is 0.205. The summed E-state index contributed by atoms with van der Waals surface area (Å²) in [6.07, 6.45) is 0. The molecule has 0 amide bonds. The Balaban J connectivity index is 0.00000324. The first kappa shape index (κ1) is 18.1. The molecular weight excluding hydrogens is 339 g/mol. The number of nitro benzene ring substituents is 1. The van der Waals surface area contributed by atoms with Crippen LogP contribution in [0, 0.1) is 15.5 Å². The second-order valence-corrected chi connectivity index (χ2v) is 5.60. The van der Waals surface area contributed by atoms with Crippen LogP contribution >= 0.6 is 28.3 Å². The molecule has 0 heterocycles. The summed E-state index contributed by atoms with van der Waals surface area (Å²) in [4.78, 5) is 10.2. The van der Waals surface area contributed by atoms with Crippen molar-refractivity contribution in [1.29, 1.82) is 0 Å². The van der Waals surface area contributed by atoms with Crippen molar-refractivity contribution in [2.24, 2.45) is 11.1 Å². The maximum absolute atomic E-state index is 10.8. The van der Waals surface area contributed by atoms with E-state index in [-0.39, 0.29) is 40.5 Å². The molecular formula is C11H16BrClN2O4. The van der Waals surface area contributed by atoms with Gasteiger partial charge >= 0.3 is 0 Å². The van der Waals surface area contributed by atoms with Crippen LogP contribution in [-0.2, 0) is 0 Å². The van der Waals surface area contributed by atoms with Gasteiger partial charge in [-0.2, -0.15) is 0 Å². The fourth-order valence-electron chi connectivity index (χ4n) is 1.47. The van der Waals surface area contributed by atoms with E-state index >= 15 is 0 Å². The van der Waals surface area contributed by atoms with Gasteiger partial charge in [0.25, 0.3) is 5.69 Å². The molecule has 108 valence electrons. The van der Waals surface area contributed by atoms with Crippen LogP contribution in [-0.4, -0.2) is 21.7 Å². The van der Waals surface area contributed by atoms with Crippen LogP contribution in [0.3, 0.4) is 0 Å². The van der Waals surface area contributed by atoms with E-state index in [0.717, 1.165) is 0 Å². The van der Waals surface area contributed by atoms with Crippen molar-refractivity contribution in [3.63, 3.8) is 0 Å². The maximum atomic E-state index is 10.8. The summed E-state index contributed by atoms with van der Waals surface area (Å²) in [6.45, 7) is 3.22. The molecule has 0 aliphatic rings. The van der Waals surface area contributed by atoms with Gasteiger partial charge in [-0.05, 0) is 15.9 Å². The van der Waals surface area contributed by atoms with E-state index in [0.29, 0.717) is 0 Å². The van der Waals surface area contributed by atoms with Crippen molar-refractivity contribution in [3.8, 4) is 5.75 Å². The lowest BCUT2D eigenvalue weighted by atomic mass is 9.81. The molecule has 0 aromatic heterocycles. The van der Waals surface area contributed by atoms with E-state index in [1.165, 1.54) is 12.1 Å². The number of phenolic OH excluding ortho intramolecular Hbond substituents is 1. The summed E-state index contributed by atoms with van der Waals surface area (Å²) in [5.74, 6) is -0.144. The van der Waals surface area contributed by atoms with Crippen molar-refractivity contribution >= 4 is 34.0 Å². The third-order valence-corrected chi connectivity index (χ3v) is 3.48. The Morgan fingerprint density at radius 3 is 2.47 bits per heavy atom. The Bertz CT molecular complexity index is 482. The second-order valence-electron chi connectivity index (χ2n) is 4.75. The molecule has 8 heteroatoms. The van der Waals surface area contributed by atoms with Gasteiger partial charge in [0.1, 0.15) is 5.75 Å². The van der Waals surface area contributed by atoms with E-state index < -0.39 is 16.4 Å². The first-order valence-electron chi connectivity index (χ1n) is 5.24. The molecule has 0 saturated carbocycles. The smallest absolute Gasteiger partial charge is 0.271 e. The number of aliphatic hydroxyl groups excluding tert-OH is 1. The molecule has 1 aromatic rings. The van der Waals surface area contributed by atoms with Gasteiger partial charge in [0.05, 0.1) is 9.40 Å². The molecule has 1 aromatic carbocycles. The van der Waals surface area contributed by atoms with Gasteiger partial charge in [0.15, 0.2) is 0 Å². The standard InChI is InChI=1S/C11H15BrN2O4.ClH/c1-11(2,5-15)10(13)7-3-6(14(17)18)4-8(12)9(7)16;/h3-4,10,15-16H,5,13H2,1-2H3;1H/t10-;/m1./s1. The fraction of sp³-hybridized carbons (Fsp3) is 0.455. The highest BCUT2D eigenvalue weighted by Gasteiger charge is 2.31. The van der Waals surface area contributed by atoms with Crippen molar-refractivity contribution in [1.82, 2.24) is 0 Å². The van der Waals surface area contributed by atoms with Gasteiger partial charge in [-0.25, -0.2) is 0 Å². The van der Waals surface area contributed by atoms with Crippen molar-refractivity contribution in [3.05, 3.63) is 32.3 Å².